The van der Waals surface area contributed by atoms with Crippen LogP contribution < -0.4 is 5.69 Å². The molecule has 0 N–H and O–H groups in total. The summed E-state index contributed by atoms with van der Waals surface area (Å²) >= 11 is 0. The Morgan fingerprint density at radius 1 is 1.35 bits per heavy atom. The van der Waals surface area contributed by atoms with E-state index in [0.29, 0.717) is 12.2 Å². The van der Waals surface area contributed by atoms with Crippen LogP contribution in [0.3, 0.4) is 0 Å². The molecule has 0 aliphatic rings. The van der Waals surface area contributed by atoms with Crippen LogP contribution in [0, 0.1) is 0 Å². The van der Waals surface area contributed by atoms with E-state index in [2.05, 4.69) is 12.0 Å². The molecule has 2 aromatic rings. The molecule has 0 aromatic carbocycles. The van der Waals surface area contributed by atoms with Crippen molar-refractivity contribution in [3.8, 4) is 0 Å². The first kappa shape index (κ1) is 14.3. The number of carbonyl (C=O) groups excluding carboxylic acids is 1. The molecular weight excluding hydrogens is 256 g/mol. The fourth-order valence-electron chi connectivity index (χ4n) is 2.11. The highest BCUT2D eigenvalue weighted by Gasteiger charge is 2.15. The lowest BCUT2D eigenvalue weighted by Gasteiger charge is -2.20. The van der Waals surface area contributed by atoms with Gasteiger partial charge in [-0.1, -0.05) is 19.4 Å². The van der Waals surface area contributed by atoms with Crippen LogP contribution in [-0.2, 0) is 11.3 Å². The monoisotopic (exact) mass is 276 g/mol. The van der Waals surface area contributed by atoms with Gasteiger partial charge in [0.1, 0.15) is 6.54 Å². The second kappa shape index (κ2) is 6.36. The van der Waals surface area contributed by atoms with Gasteiger partial charge < -0.3 is 4.90 Å². The third kappa shape index (κ3) is 2.89. The van der Waals surface area contributed by atoms with E-state index in [1.165, 1.54) is 9.08 Å². The first-order chi connectivity index (χ1) is 9.67. The summed E-state index contributed by atoms with van der Waals surface area (Å²) in [7, 11) is 0. The highest BCUT2D eigenvalue weighted by atomic mass is 16.2. The zero-order valence-corrected chi connectivity index (χ0v) is 12.0. The molecule has 0 saturated heterocycles. The zero-order chi connectivity index (χ0) is 14.5. The molecule has 0 atom stereocenters. The molecule has 6 nitrogen and oxygen atoms in total. The van der Waals surface area contributed by atoms with Crippen molar-refractivity contribution in [3.63, 3.8) is 0 Å². The predicted molar refractivity (Wildman–Crippen MR) is 76.6 cm³/mol. The Kier molecular flexibility index (Phi) is 4.55. The van der Waals surface area contributed by atoms with Crippen molar-refractivity contribution in [2.45, 2.75) is 33.2 Å². The minimum absolute atomic E-state index is 0.00192. The normalized spacial score (nSPS) is 10.9. The van der Waals surface area contributed by atoms with Crippen molar-refractivity contribution in [2.75, 3.05) is 13.1 Å². The van der Waals surface area contributed by atoms with Crippen LogP contribution in [0.5, 0.6) is 0 Å². The van der Waals surface area contributed by atoms with Crippen LogP contribution >= 0.6 is 0 Å². The molecule has 0 unspecified atom stereocenters. The lowest BCUT2D eigenvalue weighted by molar-refractivity contribution is -0.132. The van der Waals surface area contributed by atoms with E-state index in [1.807, 2.05) is 13.0 Å². The largest absolute Gasteiger partial charge is 0.350 e. The quantitative estimate of drug-likeness (QED) is 0.795. The number of hydrogen-bond acceptors (Lipinski definition) is 3. The molecule has 1 amide bonds. The maximum atomic E-state index is 12.2. The number of likely N-dealkylation sites (N-methyl/N-ethyl adjacent to an activating group) is 1. The number of pyridine rings is 1. The Bertz CT molecular complexity index is 644. The number of unbranched alkanes of at least 4 members (excludes halogenated alkanes) is 1. The molecule has 0 bridgehead atoms. The van der Waals surface area contributed by atoms with Gasteiger partial charge in [0.2, 0.25) is 5.91 Å². The van der Waals surface area contributed by atoms with E-state index in [-0.39, 0.29) is 18.1 Å². The number of amides is 1. The maximum absolute atomic E-state index is 12.2. The summed E-state index contributed by atoms with van der Waals surface area (Å²) in [5, 5.41) is 4.17. The molecular formula is C14H20N4O2. The van der Waals surface area contributed by atoms with Crippen molar-refractivity contribution < 1.29 is 4.79 Å². The number of hydrogen-bond donors (Lipinski definition) is 0. The molecule has 0 spiro atoms. The van der Waals surface area contributed by atoms with Crippen LogP contribution in [0.4, 0.5) is 0 Å². The first-order valence-corrected chi connectivity index (χ1v) is 6.99. The van der Waals surface area contributed by atoms with Crippen LogP contribution in [0.2, 0.25) is 0 Å². The van der Waals surface area contributed by atoms with Gasteiger partial charge in [0.25, 0.3) is 0 Å². The number of rotatable bonds is 6. The lowest BCUT2D eigenvalue weighted by atomic mass is 10.3. The van der Waals surface area contributed by atoms with Crippen LogP contribution in [-0.4, -0.2) is 38.1 Å². The summed E-state index contributed by atoms with van der Waals surface area (Å²) in [6.07, 6.45) is 3.66. The average Bonchev–Trinajstić information content (AvgIpc) is 2.77. The summed E-state index contributed by atoms with van der Waals surface area (Å²) in [4.78, 5) is 26.0. The van der Waals surface area contributed by atoms with Crippen molar-refractivity contribution in [1.29, 1.82) is 0 Å². The summed E-state index contributed by atoms with van der Waals surface area (Å²) in [6, 6.07) is 5.33. The second-order valence-electron chi connectivity index (χ2n) is 4.70. The Labute approximate surface area is 117 Å². The highest BCUT2D eigenvalue weighted by molar-refractivity contribution is 5.75. The Morgan fingerprint density at radius 3 is 2.80 bits per heavy atom. The van der Waals surface area contributed by atoms with E-state index in [4.69, 9.17) is 0 Å². The van der Waals surface area contributed by atoms with E-state index in [0.717, 1.165) is 19.4 Å². The van der Waals surface area contributed by atoms with Crippen LogP contribution in [0.1, 0.15) is 26.7 Å². The van der Waals surface area contributed by atoms with Gasteiger partial charge in [-0.3, -0.25) is 9.20 Å². The smallest absolute Gasteiger partial charge is 0.341 e. The van der Waals surface area contributed by atoms with Gasteiger partial charge in [0.15, 0.2) is 5.65 Å². The van der Waals surface area contributed by atoms with Gasteiger partial charge in [0, 0.05) is 19.3 Å². The third-order valence-electron chi connectivity index (χ3n) is 3.29. The molecule has 0 fully saturated rings. The number of nitrogens with zero attached hydrogens (tertiary/aromatic N) is 4. The summed E-state index contributed by atoms with van der Waals surface area (Å²) < 4.78 is 2.67. The molecule has 0 aliphatic carbocycles. The fourth-order valence-corrected chi connectivity index (χ4v) is 2.11. The minimum Gasteiger partial charge on any atom is -0.341 e. The number of fused-ring (bicyclic) bond motifs is 1. The van der Waals surface area contributed by atoms with Crippen molar-refractivity contribution in [2.24, 2.45) is 0 Å². The SMILES string of the molecule is CCCCN(CC)C(=O)Cn1nc2ccccn2c1=O. The van der Waals surface area contributed by atoms with E-state index in [9.17, 15) is 9.59 Å². The Morgan fingerprint density at radius 2 is 2.15 bits per heavy atom. The standard InChI is InChI=1S/C14H20N4O2/c1-3-5-9-16(4-2)13(19)11-18-14(20)17-10-7-6-8-12(17)15-18/h6-8,10H,3-5,9,11H2,1-2H3. The fraction of sp³-hybridized carbons (Fsp3) is 0.500. The number of carbonyl (C=O) groups is 1. The molecule has 0 saturated carbocycles. The Balaban J connectivity index is 2.17. The van der Waals surface area contributed by atoms with Crippen molar-refractivity contribution in [3.05, 3.63) is 34.9 Å². The number of aromatic nitrogens is 3. The molecule has 2 heterocycles. The maximum Gasteiger partial charge on any atom is 0.350 e. The molecule has 6 heteroatoms. The van der Waals surface area contributed by atoms with Crippen LogP contribution in [0.25, 0.3) is 5.65 Å². The molecule has 108 valence electrons. The predicted octanol–water partition coefficient (Wildman–Crippen LogP) is 1.14. The van der Waals surface area contributed by atoms with Gasteiger partial charge in [0.05, 0.1) is 0 Å². The molecule has 2 aromatic heterocycles. The third-order valence-corrected chi connectivity index (χ3v) is 3.29. The molecule has 0 aliphatic heterocycles. The molecule has 0 radical (unpaired) electrons. The van der Waals surface area contributed by atoms with Gasteiger partial charge in [-0.2, -0.15) is 0 Å². The highest BCUT2D eigenvalue weighted by Crippen LogP contribution is 1.99. The minimum atomic E-state index is -0.277. The van der Waals surface area contributed by atoms with E-state index >= 15 is 0 Å². The Hall–Kier alpha value is -2.11. The zero-order valence-electron chi connectivity index (χ0n) is 12.0. The average molecular weight is 276 g/mol. The van der Waals surface area contributed by atoms with Crippen molar-refractivity contribution in [1.82, 2.24) is 19.1 Å². The molecule has 20 heavy (non-hydrogen) atoms. The van der Waals surface area contributed by atoms with Crippen LogP contribution in [0.15, 0.2) is 29.2 Å². The van der Waals surface area contributed by atoms with Gasteiger partial charge in [-0.15, -0.1) is 5.10 Å². The molecule has 2 rings (SSSR count). The van der Waals surface area contributed by atoms with E-state index < -0.39 is 0 Å². The summed E-state index contributed by atoms with van der Waals surface area (Å²) in [5.41, 5.74) is 0.280. The second-order valence-corrected chi connectivity index (χ2v) is 4.70. The lowest BCUT2D eigenvalue weighted by Crippen LogP contribution is -2.37. The van der Waals surface area contributed by atoms with Gasteiger partial charge >= 0.3 is 5.69 Å². The van der Waals surface area contributed by atoms with Gasteiger partial charge in [-0.05, 0) is 25.5 Å². The van der Waals surface area contributed by atoms with Crippen molar-refractivity contribution >= 4 is 11.6 Å². The summed E-state index contributed by atoms with van der Waals surface area (Å²) in [5.74, 6) is -0.0635. The van der Waals surface area contributed by atoms with E-state index in [1.54, 1.807) is 23.2 Å². The first-order valence-electron chi connectivity index (χ1n) is 6.99. The topological polar surface area (TPSA) is 59.6 Å². The van der Waals surface area contributed by atoms with Gasteiger partial charge in [-0.25, -0.2) is 9.48 Å². The summed E-state index contributed by atoms with van der Waals surface area (Å²) in [6.45, 7) is 5.41.